The number of ether oxygens (including phenoxy) is 2. The van der Waals surface area contributed by atoms with Gasteiger partial charge in [-0.1, -0.05) is 29.8 Å². The molecule has 1 N–H and O–H groups in total. The minimum Gasteiger partial charge on any atom is -0.493 e. The quantitative estimate of drug-likeness (QED) is 0.871. The zero-order chi connectivity index (χ0) is 14.8. The zero-order valence-electron chi connectivity index (χ0n) is 12.8. The van der Waals surface area contributed by atoms with E-state index in [4.69, 9.17) is 9.47 Å². The Labute approximate surface area is 135 Å². The second kappa shape index (κ2) is 6.67. The summed E-state index contributed by atoms with van der Waals surface area (Å²) in [5.74, 6) is 1.66. The molecule has 1 saturated heterocycles. The standard InChI is InChI=1S/C17H24BrNO2/c1-3-6-19-15(16-11(2)4-7-20-16)14-10-13(18)9-12-5-8-21-17(12)14/h9-11,15-16,19H,3-8H2,1-2H3. The molecule has 1 aromatic carbocycles. The molecule has 0 amide bonds. The minimum absolute atomic E-state index is 0.215. The molecule has 2 heterocycles. The van der Waals surface area contributed by atoms with Crippen LogP contribution in [0.1, 0.15) is 43.9 Å². The maximum absolute atomic E-state index is 6.05. The van der Waals surface area contributed by atoms with Crippen LogP contribution in [0.2, 0.25) is 0 Å². The molecular weight excluding hydrogens is 330 g/mol. The summed E-state index contributed by atoms with van der Waals surface area (Å²) in [7, 11) is 0. The van der Waals surface area contributed by atoms with Crippen molar-refractivity contribution in [3.63, 3.8) is 0 Å². The van der Waals surface area contributed by atoms with E-state index in [9.17, 15) is 0 Å². The van der Waals surface area contributed by atoms with Crippen LogP contribution in [0.3, 0.4) is 0 Å². The van der Waals surface area contributed by atoms with Gasteiger partial charge in [-0.15, -0.1) is 0 Å². The summed E-state index contributed by atoms with van der Waals surface area (Å²) >= 11 is 3.65. The number of hydrogen-bond donors (Lipinski definition) is 1. The molecule has 4 heteroatoms. The molecule has 116 valence electrons. The second-order valence-electron chi connectivity index (χ2n) is 6.11. The molecule has 3 atom stereocenters. The topological polar surface area (TPSA) is 30.5 Å². The highest BCUT2D eigenvalue weighted by Crippen LogP contribution is 2.41. The average Bonchev–Trinajstić information content (AvgIpc) is 3.08. The van der Waals surface area contributed by atoms with Crippen LogP contribution in [0.15, 0.2) is 16.6 Å². The Bertz CT molecular complexity index is 506. The van der Waals surface area contributed by atoms with Gasteiger partial charge in [-0.3, -0.25) is 0 Å². The smallest absolute Gasteiger partial charge is 0.127 e. The fraction of sp³-hybridized carbons (Fsp3) is 0.647. The Morgan fingerprint density at radius 1 is 1.38 bits per heavy atom. The monoisotopic (exact) mass is 353 g/mol. The lowest BCUT2D eigenvalue weighted by molar-refractivity contribution is 0.0599. The van der Waals surface area contributed by atoms with E-state index in [1.165, 1.54) is 11.1 Å². The normalized spacial score (nSPS) is 25.7. The van der Waals surface area contributed by atoms with Crippen molar-refractivity contribution in [2.75, 3.05) is 19.8 Å². The van der Waals surface area contributed by atoms with Gasteiger partial charge in [-0.05, 0) is 43.0 Å². The summed E-state index contributed by atoms with van der Waals surface area (Å²) < 4.78 is 13.1. The molecule has 1 aromatic rings. The van der Waals surface area contributed by atoms with E-state index in [0.29, 0.717) is 5.92 Å². The third kappa shape index (κ3) is 3.13. The van der Waals surface area contributed by atoms with Gasteiger partial charge in [0.15, 0.2) is 0 Å². The number of nitrogens with one attached hydrogen (secondary N) is 1. The van der Waals surface area contributed by atoms with Gasteiger partial charge in [-0.25, -0.2) is 0 Å². The van der Waals surface area contributed by atoms with Crippen LogP contribution in [0, 0.1) is 5.92 Å². The van der Waals surface area contributed by atoms with Gasteiger partial charge in [-0.2, -0.15) is 0 Å². The number of hydrogen-bond acceptors (Lipinski definition) is 3. The molecular formula is C17H24BrNO2. The van der Waals surface area contributed by atoms with Gasteiger partial charge < -0.3 is 14.8 Å². The van der Waals surface area contributed by atoms with Crippen LogP contribution in [-0.2, 0) is 11.2 Å². The fourth-order valence-corrected chi connectivity index (χ4v) is 3.90. The van der Waals surface area contributed by atoms with Gasteiger partial charge in [0.05, 0.1) is 18.8 Å². The van der Waals surface area contributed by atoms with Gasteiger partial charge in [0, 0.05) is 23.1 Å². The second-order valence-corrected chi connectivity index (χ2v) is 7.03. The van der Waals surface area contributed by atoms with Crippen molar-refractivity contribution in [1.82, 2.24) is 5.32 Å². The lowest BCUT2D eigenvalue weighted by Gasteiger charge is -2.29. The first-order chi connectivity index (χ1) is 10.2. The largest absolute Gasteiger partial charge is 0.493 e. The number of rotatable bonds is 5. The molecule has 3 nitrogen and oxygen atoms in total. The van der Waals surface area contributed by atoms with E-state index in [2.05, 4.69) is 47.2 Å². The van der Waals surface area contributed by atoms with E-state index in [1.54, 1.807) is 0 Å². The van der Waals surface area contributed by atoms with Crippen molar-refractivity contribution < 1.29 is 9.47 Å². The molecule has 3 rings (SSSR count). The van der Waals surface area contributed by atoms with Crippen LogP contribution in [0.5, 0.6) is 5.75 Å². The predicted octanol–water partition coefficient (Wildman–Crippen LogP) is 3.85. The Morgan fingerprint density at radius 2 is 2.24 bits per heavy atom. The lowest BCUT2D eigenvalue weighted by atomic mass is 9.91. The fourth-order valence-electron chi connectivity index (χ4n) is 3.38. The van der Waals surface area contributed by atoms with Crippen molar-refractivity contribution in [3.8, 4) is 5.75 Å². The first kappa shape index (κ1) is 15.3. The number of halogens is 1. The highest BCUT2D eigenvalue weighted by Gasteiger charge is 2.35. The van der Waals surface area contributed by atoms with E-state index >= 15 is 0 Å². The maximum Gasteiger partial charge on any atom is 0.127 e. The number of fused-ring (bicyclic) bond motifs is 1. The summed E-state index contributed by atoms with van der Waals surface area (Å²) in [5, 5.41) is 3.69. The van der Waals surface area contributed by atoms with Crippen molar-refractivity contribution in [2.24, 2.45) is 5.92 Å². The summed E-state index contributed by atoms with van der Waals surface area (Å²) in [6.45, 7) is 7.15. The Balaban J connectivity index is 1.96. The Kier molecular flexibility index (Phi) is 4.87. The SMILES string of the molecule is CCCNC(c1cc(Br)cc2c1OCC2)C1OCCC1C. The molecule has 1 fully saturated rings. The van der Waals surface area contributed by atoms with Crippen molar-refractivity contribution in [2.45, 2.75) is 45.3 Å². The van der Waals surface area contributed by atoms with Crippen molar-refractivity contribution >= 4 is 15.9 Å². The van der Waals surface area contributed by atoms with Crippen LogP contribution >= 0.6 is 15.9 Å². The third-order valence-electron chi connectivity index (χ3n) is 4.50. The predicted molar refractivity (Wildman–Crippen MR) is 87.9 cm³/mol. The van der Waals surface area contributed by atoms with Crippen molar-refractivity contribution in [1.29, 1.82) is 0 Å². The first-order valence-electron chi connectivity index (χ1n) is 8.00. The number of benzene rings is 1. The van der Waals surface area contributed by atoms with E-state index in [0.717, 1.165) is 49.2 Å². The average molecular weight is 354 g/mol. The summed E-state index contributed by atoms with van der Waals surface area (Å²) in [6, 6.07) is 4.60. The Hall–Kier alpha value is -0.580. The van der Waals surface area contributed by atoms with E-state index in [-0.39, 0.29) is 12.1 Å². The maximum atomic E-state index is 6.05. The van der Waals surface area contributed by atoms with E-state index in [1.807, 2.05) is 0 Å². The molecule has 0 bridgehead atoms. The highest BCUT2D eigenvalue weighted by molar-refractivity contribution is 9.10. The van der Waals surface area contributed by atoms with Crippen LogP contribution in [0.25, 0.3) is 0 Å². The molecule has 0 radical (unpaired) electrons. The molecule has 0 aliphatic carbocycles. The molecule has 0 spiro atoms. The molecule has 0 aromatic heterocycles. The van der Waals surface area contributed by atoms with Gasteiger partial charge in [0.25, 0.3) is 0 Å². The zero-order valence-corrected chi connectivity index (χ0v) is 14.4. The summed E-state index contributed by atoms with van der Waals surface area (Å²) in [5.41, 5.74) is 2.57. The molecule has 21 heavy (non-hydrogen) atoms. The van der Waals surface area contributed by atoms with Crippen LogP contribution in [0.4, 0.5) is 0 Å². The Morgan fingerprint density at radius 3 is 2.95 bits per heavy atom. The molecule has 3 unspecified atom stereocenters. The highest BCUT2D eigenvalue weighted by atomic mass is 79.9. The first-order valence-corrected chi connectivity index (χ1v) is 8.80. The van der Waals surface area contributed by atoms with Gasteiger partial charge in [0.2, 0.25) is 0 Å². The van der Waals surface area contributed by atoms with Gasteiger partial charge >= 0.3 is 0 Å². The minimum atomic E-state index is 0.215. The molecule has 0 saturated carbocycles. The van der Waals surface area contributed by atoms with Crippen molar-refractivity contribution in [3.05, 3.63) is 27.7 Å². The van der Waals surface area contributed by atoms with E-state index < -0.39 is 0 Å². The van der Waals surface area contributed by atoms with Crippen LogP contribution in [-0.4, -0.2) is 25.9 Å². The molecule has 2 aliphatic heterocycles. The molecule has 2 aliphatic rings. The van der Waals surface area contributed by atoms with Gasteiger partial charge in [0.1, 0.15) is 5.75 Å². The summed E-state index contributed by atoms with van der Waals surface area (Å²) in [6.07, 6.45) is 3.50. The van der Waals surface area contributed by atoms with Crippen LogP contribution < -0.4 is 10.1 Å². The summed E-state index contributed by atoms with van der Waals surface area (Å²) in [4.78, 5) is 0. The third-order valence-corrected chi connectivity index (χ3v) is 4.96. The lowest BCUT2D eigenvalue weighted by Crippen LogP contribution is -2.35.